The van der Waals surface area contributed by atoms with E-state index in [0.717, 1.165) is 75.4 Å². The molecule has 0 amide bonds. The zero-order valence-electron chi connectivity index (χ0n) is 17.1. The molecule has 158 valence electrons. The fourth-order valence-electron chi connectivity index (χ4n) is 3.63. The van der Waals surface area contributed by atoms with Crippen molar-refractivity contribution in [3.8, 4) is 0 Å². The highest BCUT2D eigenvalue weighted by Gasteiger charge is 2.27. The summed E-state index contributed by atoms with van der Waals surface area (Å²) in [4.78, 5) is 20.7. The van der Waals surface area contributed by atoms with E-state index >= 15 is 0 Å². The van der Waals surface area contributed by atoms with Crippen LogP contribution in [-0.2, 0) is 9.63 Å². The molecule has 0 saturated carbocycles. The number of carbonyl (C=O) groups is 1. The molecule has 0 spiro atoms. The molecule has 0 aromatic heterocycles. The average molecular weight is 402 g/mol. The number of nitrogens with zero attached hydrogens (tertiary/aromatic N) is 3. The van der Waals surface area contributed by atoms with E-state index in [4.69, 9.17) is 15.4 Å². The molecule has 8 heteroatoms. The predicted octanol–water partition coefficient (Wildman–Crippen LogP) is 1.60. The zero-order chi connectivity index (χ0) is 20.6. The standard InChI is InChI=1S/C21H31N5O3/c1-2-3-8-23-21(22)17-6-4-16(5-7-17)19-13-18(29-24-19)14-25-9-11-26(12-10-25)15-20(27)28/h4-7,18H,2-3,8-15H2,1H3,(H2,22,23)(H,27,28). The topological polar surface area (TPSA) is 101 Å². The Bertz CT molecular complexity index is 726. The maximum atomic E-state index is 10.8. The molecule has 1 aromatic carbocycles. The van der Waals surface area contributed by atoms with Crippen LogP contribution in [0.3, 0.4) is 0 Å². The van der Waals surface area contributed by atoms with E-state index in [1.165, 1.54) is 0 Å². The van der Waals surface area contributed by atoms with E-state index < -0.39 is 5.97 Å². The van der Waals surface area contributed by atoms with Crippen molar-refractivity contribution in [1.82, 2.24) is 15.1 Å². The van der Waals surface area contributed by atoms with E-state index in [9.17, 15) is 4.79 Å². The van der Waals surface area contributed by atoms with Gasteiger partial charge in [0, 0.05) is 51.3 Å². The Labute approximate surface area is 172 Å². The van der Waals surface area contributed by atoms with Gasteiger partial charge in [-0.3, -0.25) is 20.0 Å². The molecular weight excluding hydrogens is 370 g/mol. The molecule has 1 fully saturated rings. The maximum absolute atomic E-state index is 10.8. The van der Waals surface area contributed by atoms with Crippen LogP contribution in [0.5, 0.6) is 0 Å². The second-order valence-electron chi connectivity index (χ2n) is 7.67. The first-order valence-corrected chi connectivity index (χ1v) is 10.4. The Kier molecular flexibility index (Phi) is 7.60. The number of carboxylic acids is 1. The Morgan fingerprint density at radius 1 is 1.24 bits per heavy atom. The molecule has 0 bridgehead atoms. The van der Waals surface area contributed by atoms with Crippen LogP contribution in [0.25, 0.3) is 0 Å². The van der Waals surface area contributed by atoms with Gasteiger partial charge in [-0.1, -0.05) is 42.8 Å². The normalized spacial score (nSPS) is 20.2. The van der Waals surface area contributed by atoms with Gasteiger partial charge in [-0.05, 0) is 12.0 Å². The molecule has 1 aromatic rings. The molecule has 0 radical (unpaired) electrons. The van der Waals surface area contributed by atoms with Crippen molar-refractivity contribution >= 4 is 17.5 Å². The van der Waals surface area contributed by atoms with Crippen LogP contribution in [0.4, 0.5) is 0 Å². The highest BCUT2D eigenvalue weighted by atomic mass is 16.6. The number of piperazine rings is 1. The van der Waals surface area contributed by atoms with E-state index in [0.29, 0.717) is 5.84 Å². The van der Waals surface area contributed by atoms with Gasteiger partial charge < -0.3 is 15.3 Å². The number of aliphatic carboxylic acids is 1. The van der Waals surface area contributed by atoms with Crippen molar-refractivity contribution in [3.63, 3.8) is 0 Å². The van der Waals surface area contributed by atoms with Crippen LogP contribution in [0.15, 0.2) is 29.4 Å². The van der Waals surface area contributed by atoms with Crippen molar-refractivity contribution in [2.45, 2.75) is 32.3 Å². The molecule has 0 aliphatic carbocycles. The SMILES string of the molecule is CCCCNC(=N)c1ccc(C2=NOC(CN3CCN(CC(=O)O)CC3)C2)cc1. The largest absolute Gasteiger partial charge is 0.480 e. The van der Waals surface area contributed by atoms with Crippen LogP contribution >= 0.6 is 0 Å². The van der Waals surface area contributed by atoms with Gasteiger partial charge in [0.2, 0.25) is 0 Å². The number of hydrogen-bond acceptors (Lipinski definition) is 6. The number of rotatable bonds is 9. The van der Waals surface area contributed by atoms with Crippen molar-refractivity contribution in [2.75, 3.05) is 45.8 Å². The van der Waals surface area contributed by atoms with Crippen LogP contribution in [0.1, 0.15) is 37.3 Å². The van der Waals surface area contributed by atoms with Crippen molar-refractivity contribution in [3.05, 3.63) is 35.4 Å². The van der Waals surface area contributed by atoms with Crippen LogP contribution in [0, 0.1) is 5.41 Å². The first-order valence-electron chi connectivity index (χ1n) is 10.4. The summed E-state index contributed by atoms with van der Waals surface area (Å²) < 4.78 is 0. The van der Waals surface area contributed by atoms with Crippen LogP contribution in [-0.4, -0.2) is 84.3 Å². The number of carboxylic acid groups (broad SMARTS) is 1. The van der Waals surface area contributed by atoms with Gasteiger partial charge in [0.15, 0.2) is 0 Å². The van der Waals surface area contributed by atoms with E-state index in [1.54, 1.807) is 0 Å². The minimum absolute atomic E-state index is 0.0321. The fraction of sp³-hybridized carbons (Fsp3) is 0.571. The molecule has 1 atom stereocenters. The lowest BCUT2D eigenvalue weighted by Crippen LogP contribution is -2.49. The number of oxime groups is 1. The molecule has 1 saturated heterocycles. The summed E-state index contributed by atoms with van der Waals surface area (Å²) in [5.41, 5.74) is 2.85. The summed E-state index contributed by atoms with van der Waals surface area (Å²) >= 11 is 0. The molecule has 2 aliphatic heterocycles. The van der Waals surface area contributed by atoms with Gasteiger partial charge in [-0.15, -0.1) is 0 Å². The Hall–Kier alpha value is -2.45. The van der Waals surface area contributed by atoms with Gasteiger partial charge in [-0.25, -0.2) is 0 Å². The van der Waals surface area contributed by atoms with Crippen LogP contribution in [0.2, 0.25) is 0 Å². The third-order valence-electron chi connectivity index (χ3n) is 5.36. The maximum Gasteiger partial charge on any atom is 0.317 e. The average Bonchev–Trinajstić information content (AvgIpc) is 3.18. The molecule has 3 rings (SSSR count). The lowest BCUT2D eigenvalue weighted by atomic mass is 10.0. The summed E-state index contributed by atoms with van der Waals surface area (Å²) in [6.45, 7) is 7.12. The summed E-state index contributed by atoms with van der Waals surface area (Å²) in [6, 6.07) is 7.91. The Morgan fingerprint density at radius 3 is 2.59 bits per heavy atom. The highest BCUT2D eigenvalue weighted by Crippen LogP contribution is 2.19. The lowest BCUT2D eigenvalue weighted by Gasteiger charge is -2.34. The smallest absolute Gasteiger partial charge is 0.317 e. The molecule has 2 aliphatic rings. The van der Waals surface area contributed by atoms with Gasteiger partial charge >= 0.3 is 5.97 Å². The van der Waals surface area contributed by atoms with Crippen molar-refractivity contribution < 1.29 is 14.7 Å². The summed E-state index contributed by atoms with van der Waals surface area (Å²) in [6.07, 6.45) is 2.97. The van der Waals surface area contributed by atoms with Gasteiger partial charge in [-0.2, -0.15) is 0 Å². The molecule has 2 heterocycles. The molecular formula is C21H31N5O3. The molecule has 8 nitrogen and oxygen atoms in total. The minimum Gasteiger partial charge on any atom is -0.480 e. The first-order chi connectivity index (χ1) is 14.0. The second-order valence-corrected chi connectivity index (χ2v) is 7.67. The quantitative estimate of drug-likeness (QED) is 0.330. The third-order valence-corrected chi connectivity index (χ3v) is 5.36. The third kappa shape index (κ3) is 6.27. The van der Waals surface area contributed by atoms with E-state index in [2.05, 4.69) is 22.3 Å². The van der Waals surface area contributed by atoms with E-state index in [-0.39, 0.29) is 12.6 Å². The number of unbranched alkanes of at least 4 members (excludes halogenated alkanes) is 1. The van der Waals surface area contributed by atoms with Gasteiger partial charge in [0.05, 0.1) is 12.3 Å². The number of nitrogens with one attached hydrogen (secondary N) is 2. The molecule has 1 unspecified atom stereocenters. The van der Waals surface area contributed by atoms with Gasteiger partial charge in [0.1, 0.15) is 11.9 Å². The van der Waals surface area contributed by atoms with Crippen molar-refractivity contribution in [2.24, 2.45) is 5.16 Å². The summed E-state index contributed by atoms with van der Waals surface area (Å²) in [7, 11) is 0. The van der Waals surface area contributed by atoms with Gasteiger partial charge in [0.25, 0.3) is 0 Å². The number of amidine groups is 1. The minimum atomic E-state index is -0.770. The monoisotopic (exact) mass is 401 g/mol. The number of benzene rings is 1. The number of hydrogen-bond donors (Lipinski definition) is 3. The summed E-state index contributed by atoms with van der Waals surface area (Å²) in [5.74, 6) is -0.317. The Balaban J connectivity index is 1.43. The highest BCUT2D eigenvalue weighted by molar-refractivity contribution is 6.02. The first kappa shape index (κ1) is 21.3. The predicted molar refractivity (Wildman–Crippen MR) is 113 cm³/mol. The zero-order valence-corrected chi connectivity index (χ0v) is 17.1. The Morgan fingerprint density at radius 2 is 1.93 bits per heavy atom. The van der Waals surface area contributed by atoms with Crippen LogP contribution < -0.4 is 5.32 Å². The molecule has 29 heavy (non-hydrogen) atoms. The molecule has 3 N–H and O–H groups in total. The summed E-state index contributed by atoms with van der Waals surface area (Å²) in [5, 5.41) is 24.4. The lowest BCUT2D eigenvalue weighted by molar-refractivity contribution is -0.138. The second kappa shape index (κ2) is 10.4. The van der Waals surface area contributed by atoms with E-state index in [1.807, 2.05) is 29.2 Å². The fourth-order valence-corrected chi connectivity index (χ4v) is 3.63. The van der Waals surface area contributed by atoms with Crippen molar-refractivity contribution in [1.29, 1.82) is 5.41 Å².